The third-order valence-electron chi connectivity index (χ3n) is 4.48. The van der Waals surface area contributed by atoms with Gasteiger partial charge in [0.2, 0.25) is 0 Å². The van der Waals surface area contributed by atoms with Crippen LogP contribution in [0, 0.1) is 0 Å². The fourth-order valence-electron chi connectivity index (χ4n) is 2.90. The van der Waals surface area contributed by atoms with E-state index < -0.39 is 0 Å². The number of carbonyl (C=O) groups excluding carboxylic acids is 1. The normalized spacial score (nSPS) is 14.9. The summed E-state index contributed by atoms with van der Waals surface area (Å²) in [4.78, 5) is 30.0. The van der Waals surface area contributed by atoms with Crippen molar-refractivity contribution in [1.82, 2.24) is 19.9 Å². The number of amides is 1. The Morgan fingerprint density at radius 2 is 1.89 bits per heavy atom. The molecule has 0 bridgehead atoms. The summed E-state index contributed by atoms with van der Waals surface area (Å²) in [6, 6.07) is 11.6. The molecule has 0 radical (unpaired) electrons. The largest absolute Gasteiger partial charge is 0.354 e. The van der Waals surface area contributed by atoms with Crippen LogP contribution in [0.15, 0.2) is 48.1 Å². The van der Waals surface area contributed by atoms with E-state index in [1.807, 2.05) is 36.4 Å². The molecule has 2 aromatic heterocycles. The van der Waals surface area contributed by atoms with E-state index >= 15 is 0 Å². The molecule has 0 saturated carbocycles. The van der Waals surface area contributed by atoms with Gasteiger partial charge in [-0.15, -0.1) is 11.3 Å². The fraction of sp³-hybridized carbons (Fsp3) is 0.263. The van der Waals surface area contributed by atoms with Gasteiger partial charge in [0.25, 0.3) is 5.91 Å². The SMILES string of the molecule is CN1CCN(c2cc(NC(=O)c3csc(-c4ccccc4)n3)ncn2)CC1. The lowest BCUT2D eigenvalue weighted by Gasteiger charge is -2.33. The first-order valence-electron chi connectivity index (χ1n) is 8.77. The Balaban J connectivity index is 1.46. The van der Waals surface area contributed by atoms with Crippen LogP contribution in [0.1, 0.15) is 10.5 Å². The van der Waals surface area contributed by atoms with Crippen LogP contribution >= 0.6 is 11.3 Å². The van der Waals surface area contributed by atoms with Gasteiger partial charge in [-0.25, -0.2) is 15.0 Å². The molecule has 0 atom stereocenters. The molecule has 1 amide bonds. The molecule has 1 aliphatic heterocycles. The summed E-state index contributed by atoms with van der Waals surface area (Å²) in [5.74, 6) is 1.05. The number of thiazole rings is 1. The van der Waals surface area contributed by atoms with Crippen molar-refractivity contribution >= 4 is 28.9 Å². The van der Waals surface area contributed by atoms with Gasteiger partial charge < -0.3 is 15.1 Å². The van der Waals surface area contributed by atoms with Crippen LogP contribution in [0.5, 0.6) is 0 Å². The maximum atomic E-state index is 12.5. The number of hydrogen-bond donors (Lipinski definition) is 1. The molecule has 0 spiro atoms. The number of nitrogens with one attached hydrogen (secondary N) is 1. The van der Waals surface area contributed by atoms with Gasteiger partial charge in [-0.2, -0.15) is 0 Å². The zero-order valence-corrected chi connectivity index (χ0v) is 15.8. The summed E-state index contributed by atoms with van der Waals surface area (Å²) in [6.45, 7) is 3.81. The minimum atomic E-state index is -0.267. The monoisotopic (exact) mass is 380 g/mol. The minimum absolute atomic E-state index is 0.267. The van der Waals surface area contributed by atoms with Crippen molar-refractivity contribution in [3.63, 3.8) is 0 Å². The molecule has 138 valence electrons. The first-order chi connectivity index (χ1) is 13.2. The highest BCUT2D eigenvalue weighted by atomic mass is 32.1. The Bertz CT molecular complexity index is 921. The lowest BCUT2D eigenvalue weighted by atomic mass is 10.2. The number of carbonyl (C=O) groups is 1. The fourth-order valence-corrected chi connectivity index (χ4v) is 3.70. The Morgan fingerprint density at radius 3 is 2.67 bits per heavy atom. The van der Waals surface area contributed by atoms with E-state index in [1.165, 1.54) is 17.7 Å². The van der Waals surface area contributed by atoms with Crippen molar-refractivity contribution in [2.24, 2.45) is 0 Å². The maximum absolute atomic E-state index is 12.5. The van der Waals surface area contributed by atoms with Crippen molar-refractivity contribution in [1.29, 1.82) is 0 Å². The zero-order chi connectivity index (χ0) is 18.6. The topological polar surface area (TPSA) is 74.2 Å². The zero-order valence-electron chi connectivity index (χ0n) is 15.0. The number of rotatable bonds is 4. The Hall–Kier alpha value is -2.84. The lowest BCUT2D eigenvalue weighted by Crippen LogP contribution is -2.44. The quantitative estimate of drug-likeness (QED) is 0.750. The van der Waals surface area contributed by atoms with Crippen molar-refractivity contribution < 1.29 is 4.79 Å². The summed E-state index contributed by atoms with van der Waals surface area (Å²) in [7, 11) is 2.11. The van der Waals surface area contributed by atoms with Gasteiger partial charge in [-0.1, -0.05) is 30.3 Å². The molecule has 0 unspecified atom stereocenters. The van der Waals surface area contributed by atoms with E-state index in [0.29, 0.717) is 11.5 Å². The Morgan fingerprint density at radius 1 is 1.11 bits per heavy atom. The molecule has 7 nitrogen and oxygen atoms in total. The Labute approximate surface area is 161 Å². The van der Waals surface area contributed by atoms with E-state index in [-0.39, 0.29) is 5.91 Å². The van der Waals surface area contributed by atoms with Gasteiger partial charge in [-0.3, -0.25) is 4.79 Å². The molecule has 1 aliphatic rings. The summed E-state index contributed by atoms with van der Waals surface area (Å²) < 4.78 is 0. The van der Waals surface area contributed by atoms with Crippen LogP contribution in [-0.4, -0.2) is 59.0 Å². The molecule has 3 aromatic rings. The van der Waals surface area contributed by atoms with Crippen molar-refractivity contribution in [2.75, 3.05) is 43.4 Å². The van der Waals surface area contributed by atoms with E-state index in [9.17, 15) is 4.79 Å². The number of likely N-dealkylation sites (N-methyl/N-ethyl adjacent to an activating group) is 1. The smallest absolute Gasteiger partial charge is 0.276 e. The van der Waals surface area contributed by atoms with Crippen molar-refractivity contribution in [3.8, 4) is 10.6 Å². The molecular weight excluding hydrogens is 360 g/mol. The van der Waals surface area contributed by atoms with Gasteiger partial charge in [-0.05, 0) is 7.05 Å². The second kappa shape index (κ2) is 7.81. The molecule has 0 aliphatic carbocycles. The molecule has 1 saturated heterocycles. The highest BCUT2D eigenvalue weighted by Gasteiger charge is 2.17. The predicted octanol–water partition coefficient (Wildman–Crippen LogP) is 2.60. The third-order valence-corrected chi connectivity index (χ3v) is 5.37. The highest BCUT2D eigenvalue weighted by molar-refractivity contribution is 7.13. The summed E-state index contributed by atoms with van der Waals surface area (Å²) in [6.07, 6.45) is 1.49. The molecule has 8 heteroatoms. The number of aromatic nitrogens is 3. The maximum Gasteiger partial charge on any atom is 0.276 e. The van der Waals surface area contributed by atoms with Crippen molar-refractivity contribution in [3.05, 3.63) is 53.8 Å². The van der Waals surface area contributed by atoms with Crippen LogP contribution < -0.4 is 10.2 Å². The molecule has 27 heavy (non-hydrogen) atoms. The van der Waals surface area contributed by atoms with E-state index in [1.54, 1.807) is 5.38 Å². The second-order valence-electron chi connectivity index (χ2n) is 6.41. The van der Waals surface area contributed by atoms with Crippen LogP contribution in [0.3, 0.4) is 0 Å². The van der Waals surface area contributed by atoms with Gasteiger partial charge >= 0.3 is 0 Å². The van der Waals surface area contributed by atoms with Crippen LogP contribution in [-0.2, 0) is 0 Å². The molecular formula is C19H20N6OS. The highest BCUT2D eigenvalue weighted by Crippen LogP contribution is 2.24. The van der Waals surface area contributed by atoms with E-state index in [2.05, 4.69) is 37.1 Å². The summed E-state index contributed by atoms with van der Waals surface area (Å²) in [5, 5.41) is 5.41. The molecule has 4 rings (SSSR count). The standard InChI is InChI=1S/C19H20N6OS/c1-24-7-9-25(10-8-24)17-11-16(20-13-21-17)23-18(26)15-12-27-19(22-15)14-5-3-2-4-6-14/h2-6,11-13H,7-10H2,1H3,(H,20,21,23,26). The molecule has 1 fully saturated rings. The number of anilines is 2. The van der Waals surface area contributed by atoms with Gasteiger partial charge in [0.05, 0.1) is 0 Å². The first-order valence-corrected chi connectivity index (χ1v) is 9.65. The van der Waals surface area contributed by atoms with Gasteiger partial charge in [0.1, 0.15) is 28.7 Å². The molecule has 1 aromatic carbocycles. The third kappa shape index (κ3) is 4.12. The number of benzene rings is 1. The number of nitrogens with zero attached hydrogens (tertiary/aromatic N) is 5. The Kier molecular flexibility index (Phi) is 5.08. The second-order valence-corrected chi connectivity index (χ2v) is 7.27. The van der Waals surface area contributed by atoms with Crippen molar-refractivity contribution in [2.45, 2.75) is 0 Å². The van der Waals surface area contributed by atoms with Crippen LogP contribution in [0.4, 0.5) is 11.6 Å². The lowest BCUT2D eigenvalue weighted by molar-refractivity contribution is 0.102. The van der Waals surface area contributed by atoms with Gasteiger partial charge in [0, 0.05) is 43.2 Å². The predicted molar refractivity (Wildman–Crippen MR) is 107 cm³/mol. The summed E-state index contributed by atoms with van der Waals surface area (Å²) >= 11 is 1.45. The molecule has 1 N–H and O–H groups in total. The first kappa shape index (κ1) is 17.6. The average molecular weight is 380 g/mol. The average Bonchev–Trinajstić information content (AvgIpc) is 3.20. The van der Waals surface area contributed by atoms with Crippen LogP contribution in [0.25, 0.3) is 10.6 Å². The number of hydrogen-bond acceptors (Lipinski definition) is 7. The summed E-state index contributed by atoms with van der Waals surface area (Å²) in [5.41, 5.74) is 1.39. The van der Waals surface area contributed by atoms with Crippen LogP contribution in [0.2, 0.25) is 0 Å². The number of piperazine rings is 1. The van der Waals surface area contributed by atoms with Gasteiger partial charge in [0.15, 0.2) is 0 Å². The van der Waals surface area contributed by atoms with E-state index in [4.69, 9.17) is 0 Å². The molecule has 3 heterocycles. The van der Waals surface area contributed by atoms with E-state index in [0.717, 1.165) is 42.6 Å². The minimum Gasteiger partial charge on any atom is -0.354 e.